The normalized spacial score (nSPS) is 16.3. The lowest BCUT2D eigenvalue weighted by Crippen LogP contribution is -2.39. The molecule has 1 aliphatic rings. The van der Waals surface area contributed by atoms with Gasteiger partial charge in [0.15, 0.2) is 0 Å². The van der Waals surface area contributed by atoms with Gasteiger partial charge in [-0.15, -0.1) is 12.4 Å². The Morgan fingerprint density at radius 2 is 2.00 bits per heavy atom. The molecule has 0 aliphatic heterocycles. The van der Waals surface area contributed by atoms with Crippen molar-refractivity contribution in [3.05, 3.63) is 34.9 Å². The lowest BCUT2D eigenvalue weighted by Gasteiger charge is -2.34. The van der Waals surface area contributed by atoms with Crippen LogP contribution in [0.4, 0.5) is 0 Å². The van der Waals surface area contributed by atoms with E-state index in [9.17, 15) is 4.79 Å². The molecule has 2 rings (SSSR count). The number of hydrogen-bond donors (Lipinski definition) is 2. The third-order valence-corrected chi connectivity index (χ3v) is 3.60. The van der Waals surface area contributed by atoms with Gasteiger partial charge in [0.05, 0.1) is 12.6 Å². The van der Waals surface area contributed by atoms with Crippen LogP contribution in [0, 0.1) is 5.92 Å². The van der Waals surface area contributed by atoms with E-state index in [-0.39, 0.29) is 30.9 Å². The van der Waals surface area contributed by atoms with E-state index in [0.717, 1.165) is 18.4 Å². The molecule has 1 atom stereocenters. The monoisotopic (exact) mass is 288 g/mol. The van der Waals surface area contributed by atoms with E-state index in [4.69, 9.17) is 17.3 Å². The first-order valence-corrected chi connectivity index (χ1v) is 6.33. The van der Waals surface area contributed by atoms with Crippen molar-refractivity contribution in [3.63, 3.8) is 0 Å². The van der Waals surface area contributed by atoms with Crippen molar-refractivity contribution in [2.75, 3.05) is 6.54 Å². The van der Waals surface area contributed by atoms with E-state index in [1.54, 1.807) is 0 Å². The fraction of sp³-hybridized carbons (Fsp3) is 0.462. The van der Waals surface area contributed by atoms with Crippen LogP contribution in [-0.2, 0) is 4.79 Å². The molecular formula is C13H18Cl2N2O. The number of nitrogens with one attached hydrogen (secondary N) is 1. The van der Waals surface area contributed by atoms with E-state index < -0.39 is 0 Å². The van der Waals surface area contributed by atoms with Crippen molar-refractivity contribution in [2.24, 2.45) is 11.7 Å². The second-order valence-electron chi connectivity index (χ2n) is 4.49. The maximum Gasteiger partial charge on any atom is 0.234 e. The summed E-state index contributed by atoms with van der Waals surface area (Å²) in [6.07, 6.45) is 3.57. The number of benzene rings is 1. The van der Waals surface area contributed by atoms with Crippen LogP contribution in [0.25, 0.3) is 0 Å². The Balaban J connectivity index is 0.00000162. The molecule has 0 bridgehead atoms. The van der Waals surface area contributed by atoms with Crippen molar-refractivity contribution in [1.29, 1.82) is 0 Å². The van der Waals surface area contributed by atoms with Crippen LogP contribution in [0.2, 0.25) is 5.02 Å². The third kappa shape index (κ3) is 3.61. The predicted octanol–water partition coefficient (Wildman–Crippen LogP) is 2.68. The summed E-state index contributed by atoms with van der Waals surface area (Å²) in [5.74, 6) is 0.434. The number of carbonyl (C=O) groups excluding carboxylic acids is 1. The molecule has 1 fully saturated rings. The van der Waals surface area contributed by atoms with Gasteiger partial charge in [-0.25, -0.2) is 0 Å². The van der Waals surface area contributed by atoms with Crippen molar-refractivity contribution >= 4 is 29.9 Å². The quantitative estimate of drug-likeness (QED) is 0.895. The number of carbonyl (C=O) groups is 1. The Morgan fingerprint density at radius 3 is 2.44 bits per heavy atom. The van der Waals surface area contributed by atoms with E-state index in [1.165, 1.54) is 6.42 Å². The summed E-state index contributed by atoms with van der Waals surface area (Å²) in [6.45, 7) is 0.0385. The maximum absolute atomic E-state index is 11.4. The number of rotatable bonds is 4. The summed E-state index contributed by atoms with van der Waals surface area (Å²) in [5, 5.41) is 3.71. The second kappa shape index (κ2) is 6.98. The van der Waals surface area contributed by atoms with Gasteiger partial charge in [0, 0.05) is 5.02 Å². The summed E-state index contributed by atoms with van der Waals surface area (Å²) < 4.78 is 0. The van der Waals surface area contributed by atoms with Crippen molar-refractivity contribution in [3.8, 4) is 0 Å². The van der Waals surface area contributed by atoms with E-state index in [2.05, 4.69) is 5.32 Å². The molecular weight excluding hydrogens is 271 g/mol. The smallest absolute Gasteiger partial charge is 0.234 e. The molecule has 5 heteroatoms. The highest BCUT2D eigenvalue weighted by atomic mass is 35.5. The average molecular weight is 289 g/mol. The first-order valence-electron chi connectivity index (χ1n) is 5.95. The third-order valence-electron chi connectivity index (χ3n) is 3.35. The van der Waals surface area contributed by atoms with Gasteiger partial charge in [-0.3, -0.25) is 4.79 Å². The van der Waals surface area contributed by atoms with Crippen molar-refractivity contribution in [2.45, 2.75) is 25.3 Å². The summed E-state index contributed by atoms with van der Waals surface area (Å²) >= 11 is 5.87. The van der Waals surface area contributed by atoms with Gasteiger partial charge in [0.1, 0.15) is 0 Å². The van der Waals surface area contributed by atoms with Crippen molar-refractivity contribution in [1.82, 2.24) is 5.32 Å². The molecule has 0 radical (unpaired) electrons. The van der Waals surface area contributed by atoms with E-state index >= 15 is 0 Å². The lowest BCUT2D eigenvalue weighted by molar-refractivity contribution is -0.121. The Bertz CT molecular complexity index is 390. The largest absolute Gasteiger partial charge is 0.348 e. The Morgan fingerprint density at radius 1 is 1.39 bits per heavy atom. The molecule has 0 heterocycles. The molecule has 0 aromatic heterocycles. The van der Waals surface area contributed by atoms with E-state index in [0.29, 0.717) is 10.9 Å². The first kappa shape index (κ1) is 15.3. The van der Waals surface area contributed by atoms with E-state index in [1.807, 2.05) is 24.3 Å². The zero-order chi connectivity index (χ0) is 12.3. The summed E-state index contributed by atoms with van der Waals surface area (Å²) in [5.41, 5.74) is 6.46. The fourth-order valence-corrected chi connectivity index (χ4v) is 2.27. The zero-order valence-corrected chi connectivity index (χ0v) is 11.6. The van der Waals surface area contributed by atoms with Gasteiger partial charge in [-0.2, -0.15) is 0 Å². The molecule has 1 saturated carbocycles. The number of halogens is 2. The van der Waals surface area contributed by atoms with Gasteiger partial charge in [-0.1, -0.05) is 30.2 Å². The Hall–Kier alpha value is -0.770. The average Bonchev–Trinajstić information content (AvgIpc) is 2.26. The van der Waals surface area contributed by atoms with Crippen molar-refractivity contribution < 1.29 is 4.79 Å². The highest BCUT2D eigenvalue weighted by Gasteiger charge is 2.29. The van der Waals surface area contributed by atoms with Crippen LogP contribution in [0.3, 0.4) is 0 Å². The molecule has 3 nitrogen and oxygen atoms in total. The summed E-state index contributed by atoms with van der Waals surface area (Å²) in [4.78, 5) is 11.4. The zero-order valence-electron chi connectivity index (χ0n) is 10.1. The highest BCUT2D eigenvalue weighted by Crippen LogP contribution is 2.37. The molecule has 1 aliphatic carbocycles. The minimum Gasteiger partial charge on any atom is -0.348 e. The Kier molecular flexibility index (Phi) is 5.93. The van der Waals surface area contributed by atoms with Crippen LogP contribution in [0.15, 0.2) is 24.3 Å². The molecule has 1 amide bonds. The molecule has 1 aromatic rings. The second-order valence-corrected chi connectivity index (χ2v) is 4.93. The number of nitrogens with two attached hydrogens (primary N) is 1. The summed E-state index contributed by atoms with van der Waals surface area (Å²) in [6, 6.07) is 7.75. The minimum absolute atomic E-state index is 0. The SMILES string of the molecule is Cl.NCC(=O)NC(c1ccc(Cl)cc1)C1CCC1. The van der Waals surface area contributed by atoms with Crippen LogP contribution in [0.5, 0.6) is 0 Å². The topological polar surface area (TPSA) is 55.1 Å². The number of hydrogen-bond acceptors (Lipinski definition) is 2. The highest BCUT2D eigenvalue weighted by molar-refractivity contribution is 6.30. The molecule has 1 aromatic carbocycles. The van der Waals surface area contributed by atoms with Gasteiger partial charge in [0.25, 0.3) is 0 Å². The molecule has 100 valence electrons. The standard InChI is InChI=1S/C13H17ClN2O.ClH/c14-11-6-4-10(5-7-11)13(9-2-1-3-9)16-12(17)8-15;/h4-7,9,13H,1-3,8,15H2,(H,16,17);1H. The van der Waals surface area contributed by atoms with Gasteiger partial charge in [0.2, 0.25) is 5.91 Å². The molecule has 0 spiro atoms. The van der Waals surface area contributed by atoms with Crippen LogP contribution >= 0.6 is 24.0 Å². The number of amides is 1. The molecule has 0 saturated heterocycles. The first-order chi connectivity index (χ1) is 8.20. The molecule has 18 heavy (non-hydrogen) atoms. The van der Waals surface area contributed by atoms with Crippen LogP contribution in [-0.4, -0.2) is 12.5 Å². The molecule has 3 N–H and O–H groups in total. The maximum atomic E-state index is 11.4. The Labute approximate surface area is 118 Å². The summed E-state index contributed by atoms with van der Waals surface area (Å²) in [7, 11) is 0. The van der Waals surface area contributed by atoms with Gasteiger partial charge < -0.3 is 11.1 Å². The lowest BCUT2D eigenvalue weighted by atomic mass is 9.77. The predicted molar refractivity (Wildman–Crippen MR) is 76.0 cm³/mol. The molecule has 1 unspecified atom stereocenters. The van der Waals surface area contributed by atoms with Crippen LogP contribution in [0.1, 0.15) is 30.9 Å². The van der Waals surface area contributed by atoms with Gasteiger partial charge >= 0.3 is 0 Å². The van der Waals surface area contributed by atoms with Crippen LogP contribution < -0.4 is 11.1 Å². The minimum atomic E-state index is -0.100. The fourth-order valence-electron chi connectivity index (χ4n) is 2.15. The van der Waals surface area contributed by atoms with Gasteiger partial charge in [-0.05, 0) is 36.5 Å².